The van der Waals surface area contributed by atoms with Crippen molar-refractivity contribution in [1.29, 1.82) is 0 Å². The SMILES string of the molecule is C=CCCC/C=C/CC(C(=O)OCC)[N+](=O)[O-]. The van der Waals surface area contributed by atoms with Gasteiger partial charge in [0.15, 0.2) is 0 Å². The number of unbranched alkanes of at least 4 members (excludes halogenated alkanes) is 2. The van der Waals surface area contributed by atoms with Crippen LogP contribution in [0.3, 0.4) is 0 Å². The van der Waals surface area contributed by atoms with E-state index >= 15 is 0 Å². The molecule has 1 unspecified atom stereocenters. The summed E-state index contributed by atoms with van der Waals surface area (Å²) < 4.78 is 4.63. The fourth-order valence-electron chi connectivity index (χ4n) is 1.23. The summed E-state index contributed by atoms with van der Waals surface area (Å²) in [4.78, 5) is 21.3. The van der Waals surface area contributed by atoms with Gasteiger partial charge in [-0.2, -0.15) is 0 Å². The third kappa shape index (κ3) is 7.27. The third-order valence-electron chi connectivity index (χ3n) is 2.12. The summed E-state index contributed by atoms with van der Waals surface area (Å²) in [5.74, 6) is -0.770. The minimum Gasteiger partial charge on any atom is -0.461 e. The van der Waals surface area contributed by atoms with Crippen molar-refractivity contribution in [2.24, 2.45) is 0 Å². The predicted octanol–water partition coefficient (Wildman–Crippen LogP) is 2.50. The normalized spacial score (nSPS) is 12.3. The maximum Gasteiger partial charge on any atom is 0.381 e. The first kappa shape index (κ1) is 15.3. The summed E-state index contributed by atoms with van der Waals surface area (Å²) in [5.41, 5.74) is 0. The van der Waals surface area contributed by atoms with Crippen molar-refractivity contribution in [2.45, 2.75) is 38.6 Å². The molecule has 5 heteroatoms. The van der Waals surface area contributed by atoms with Crippen LogP contribution in [0.4, 0.5) is 0 Å². The van der Waals surface area contributed by atoms with Crippen LogP contribution in [0.15, 0.2) is 24.8 Å². The number of carbonyl (C=O) groups excluding carboxylic acids is 1. The Morgan fingerprint density at radius 2 is 2.18 bits per heavy atom. The molecule has 0 rings (SSSR count). The monoisotopic (exact) mass is 241 g/mol. The molecule has 0 aliphatic heterocycles. The number of rotatable bonds is 9. The van der Waals surface area contributed by atoms with Gasteiger partial charge in [-0.1, -0.05) is 18.2 Å². The fraction of sp³-hybridized carbons (Fsp3) is 0.583. The van der Waals surface area contributed by atoms with Gasteiger partial charge in [0.2, 0.25) is 0 Å². The van der Waals surface area contributed by atoms with Gasteiger partial charge in [-0.15, -0.1) is 6.58 Å². The van der Waals surface area contributed by atoms with Crippen LogP contribution in [0.5, 0.6) is 0 Å². The van der Waals surface area contributed by atoms with E-state index in [1.54, 1.807) is 13.0 Å². The van der Waals surface area contributed by atoms with Crippen molar-refractivity contribution in [1.82, 2.24) is 0 Å². The Kier molecular flexibility index (Phi) is 8.64. The van der Waals surface area contributed by atoms with Gasteiger partial charge < -0.3 is 4.74 Å². The summed E-state index contributed by atoms with van der Waals surface area (Å²) in [7, 11) is 0. The number of carbonyl (C=O) groups is 1. The van der Waals surface area contributed by atoms with Crippen molar-refractivity contribution < 1.29 is 14.5 Å². The maximum atomic E-state index is 11.2. The summed E-state index contributed by atoms with van der Waals surface area (Å²) in [6.07, 6.45) is 8.13. The average Bonchev–Trinajstić information content (AvgIpc) is 2.27. The van der Waals surface area contributed by atoms with Gasteiger partial charge in [0.1, 0.15) is 0 Å². The van der Waals surface area contributed by atoms with E-state index in [0.717, 1.165) is 19.3 Å². The lowest BCUT2D eigenvalue weighted by Gasteiger charge is -2.05. The lowest BCUT2D eigenvalue weighted by atomic mass is 10.1. The van der Waals surface area contributed by atoms with Gasteiger partial charge in [0.25, 0.3) is 0 Å². The van der Waals surface area contributed by atoms with Crippen LogP contribution in [0.2, 0.25) is 0 Å². The first-order chi connectivity index (χ1) is 8.13. The molecule has 0 aliphatic carbocycles. The molecule has 0 amide bonds. The third-order valence-corrected chi connectivity index (χ3v) is 2.12. The molecule has 96 valence electrons. The molecule has 0 aromatic heterocycles. The molecule has 1 atom stereocenters. The molecule has 0 heterocycles. The van der Waals surface area contributed by atoms with Crippen molar-refractivity contribution in [3.8, 4) is 0 Å². The summed E-state index contributed by atoms with van der Waals surface area (Å²) in [5, 5.41) is 10.6. The average molecular weight is 241 g/mol. The van der Waals surface area contributed by atoms with Crippen molar-refractivity contribution in [3.05, 3.63) is 34.9 Å². The van der Waals surface area contributed by atoms with Crippen LogP contribution in [0.25, 0.3) is 0 Å². The first-order valence-electron chi connectivity index (χ1n) is 5.69. The lowest BCUT2D eigenvalue weighted by molar-refractivity contribution is -0.509. The smallest absolute Gasteiger partial charge is 0.381 e. The second-order valence-electron chi connectivity index (χ2n) is 3.48. The molecular weight excluding hydrogens is 222 g/mol. The summed E-state index contributed by atoms with van der Waals surface area (Å²) >= 11 is 0. The van der Waals surface area contributed by atoms with Crippen LogP contribution < -0.4 is 0 Å². The standard InChI is InChI=1S/C12H19NO4/c1-3-5-6-7-8-9-10-11(13(15)16)12(14)17-4-2/h3,8-9,11H,1,4-7,10H2,2H3/b9-8+. The minimum atomic E-state index is -1.29. The molecule has 17 heavy (non-hydrogen) atoms. The minimum absolute atomic E-state index is 0.0833. The Bertz CT molecular complexity index is 286. The van der Waals surface area contributed by atoms with Crippen LogP contribution >= 0.6 is 0 Å². The van der Waals surface area contributed by atoms with E-state index < -0.39 is 16.9 Å². The molecule has 5 nitrogen and oxygen atoms in total. The highest BCUT2D eigenvalue weighted by molar-refractivity contribution is 5.74. The Hall–Kier alpha value is -1.65. The molecule has 0 bridgehead atoms. The lowest BCUT2D eigenvalue weighted by Crippen LogP contribution is -2.30. The molecule has 0 aliphatic rings. The highest BCUT2D eigenvalue weighted by Gasteiger charge is 2.29. The van der Waals surface area contributed by atoms with E-state index in [9.17, 15) is 14.9 Å². The second-order valence-corrected chi connectivity index (χ2v) is 3.48. The zero-order valence-corrected chi connectivity index (χ0v) is 10.1. The molecule has 0 N–H and O–H groups in total. The first-order valence-corrected chi connectivity index (χ1v) is 5.69. The van der Waals surface area contributed by atoms with E-state index in [4.69, 9.17) is 0 Å². The highest BCUT2D eigenvalue weighted by Crippen LogP contribution is 2.04. The van der Waals surface area contributed by atoms with E-state index in [0.29, 0.717) is 0 Å². The molecule has 0 aromatic carbocycles. The van der Waals surface area contributed by atoms with E-state index in [2.05, 4.69) is 11.3 Å². The second kappa shape index (κ2) is 9.57. The summed E-state index contributed by atoms with van der Waals surface area (Å²) in [6, 6.07) is -1.29. The molecular formula is C12H19NO4. The number of ether oxygens (including phenoxy) is 1. The molecule has 0 spiro atoms. The molecule has 0 fully saturated rings. The van der Waals surface area contributed by atoms with Gasteiger partial charge in [-0.05, 0) is 26.2 Å². The molecule has 0 saturated carbocycles. The largest absolute Gasteiger partial charge is 0.461 e. The maximum absolute atomic E-state index is 11.2. The van der Waals surface area contributed by atoms with E-state index in [1.165, 1.54) is 0 Å². The van der Waals surface area contributed by atoms with Gasteiger partial charge in [-0.25, -0.2) is 4.79 Å². The Morgan fingerprint density at radius 1 is 1.47 bits per heavy atom. The Labute approximate surface area is 101 Å². The van der Waals surface area contributed by atoms with Gasteiger partial charge in [0, 0.05) is 11.3 Å². The molecule has 0 radical (unpaired) electrons. The van der Waals surface area contributed by atoms with Crippen molar-refractivity contribution in [3.63, 3.8) is 0 Å². The van der Waals surface area contributed by atoms with Crippen molar-refractivity contribution >= 4 is 5.97 Å². The van der Waals surface area contributed by atoms with E-state index in [-0.39, 0.29) is 13.0 Å². The molecule has 0 aromatic rings. The number of hydrogen-bond acceptors (Lipinski definition) is 4. The highest BCUT2D eigenvalue weighted by atomic mass is 16.6. The zero-order valence-electron chi connectivity index (χ0n) is 10.1. The van der Waals surface area contributed by atoms with Gasteiger partial charge >= 0.3 is 12.0 Å². The Balaban J connectivity index is 4.04. The Morgan fingerprint density at radius 3 is 2.71 bits per heavy atom. The number of esters is 1. The van der Waals surface area contributed by atoms with Crippen LogP contribution in [0, 0.1) is 10.1 Å². The van der Waals surface area contributed by atoms with E-state index in [1.807, 2.05) is 12.2 Å². The number of hydrogen-bond donors (Lipinski definition) is 0. The fourth-order valence-corrected chi connectivity index (χ4v) is 1.23. The number of allylic oxidation sites excluding steroid dienone is 2. The van der Waals surface area contributed by atoms with Gasteiger partial charge in [-0.3, -0.25) is 10.1 Å². The van der Waals surface area contributed by atoms with Crippen molar-refractivity contribution in [2.75, 3.05) is 6.61 Å². The van der Waals surface area contributed by atoms with Crippen LogP contribution in [-0.4, -0.2) is 23.5 Å². The number of nitro groups is 1. The zero-order chi connectivity index (χ0) is 13.1. The predicted molar refractivity (Wildman–Crippen MR) is 65.2 cm³/mol. The quantitative estimate of drug-likeness (QED) is 0.204. The topological polar surface area (TPSA) is 69.4 Å². The number of nitrogens with zero attached hydrogens (tertiary/aromatic N) is 1. The summed E-state index contributed by atoms with van der Waals surface area (Å²) in [6.45, 7) is 5.38. The molecule has 0 saturated heterocycles. The van der Waals surface area contributed by atoms with Crippen LogP contribution in [0.1, 0.15) is 32.6 Å². The van der Waals surface area contributed by atoms with Gasteiger partial charge in [0.05, 0.1) is 6.61 Å². The van der Waals surface area contributed by atoms with Crippen LogP contribution in [-0.2, 0) is 9.53 Å².